The number of rotatable bonds is 5. The molecule has 1 saturated heterocycles. The molecule has 4 rings (SSSR count). The Morgan fingerprint density at radius 1 is 1.23 bits per heavy atom. The van der Waals surface area contributed by atoms with E-state index < -0.39 is 0 Å². The number of hydrogen-bond donors (Lipinski definition) is 0. The first-order valence-electron chi connectivity index (χ1n) is 8.66. The molecule has 5 nitrogen and oxygen atoms in total. The van der Waals surface area contributed by atoms with Gasteiger partial charge in [-0.15, -0.1) is 0 Å². The maximum Gasteiger partial charge on any atom is 0.231 e. The van der Waals surface area contributed by atoms with E-state index in [9.17, 15) is 0 Å². The molecule has 3 aromatic rings. The highest BCUT2D eigenvalue weighted by atomic mass is 35.5. The van der Waals surface area contributed by atoms with Crippen LogP contribution in [0.2, 0.25) is 5.02 Å². The van der Waals surface area contributed by atoms with Gasteiger partial charge in [0.05, 0.1) is 13.0 Å². The minimum Gasteiger partial charge on any atom is -0.497 e. The van der Waals surface area contributed by atoms with Gasteiger partial charge in [-0.25, -0.2) is 0 Å². The second-order valence-corrected chi connectivity index (χ2v) is 6.91. The van der Waals surface area contributed by atoms with E-state index in [1.807, 2.05) is 42.5 Å². The summed E-state index contributed by atoms with van der Waals surface area (Å²) in [7, 11) is 1.65. The minimum atomic E-state index is 0.254. The maximum atomic E-state index is 6.27. The van der Waals surface area contributed by atoms with Crippen molar-refractivity contribution in [3.63, 3.8) is 0 Å². The molecule has 134 valence electrons. The van der Waals surface area contributed by atoms with Crippen molar-refractivity contribution in [1.29, 1.82) is 0 Å². The van der Waals surface area contributed by atoms with Crippen molar-refractivity contribution in [2.45, 2.75) is 18.9 Å². The lowest BCUT2D eigenvalue weighted by molar-refractivity contribution is 0.309. The topological polar surface area (TPSA) is 51.4 Å². The van der Waals surface area contributed by atoms with Gasteiger partial charge in [-0.2, -0.15) is 4.98 Å². The Morgan fingerprint density at radius 3 is 2.96 bits per heavy atom. The highest BCUT2D eigenvalue weighted by molar-refractivity contribution is 6.31. The fourth-order valence-electron chi connectivity index (χ4n) is 3.33. The molecule has 0 aliphatic carbocycles. The number of methoxy groups -OCH3 is 1. The largest absolute Gasteiger partial charge is 0.497 e. The maximum absolute atomic E-state index is 6.27. The van der Waals surface area contributed by atoms with Gasteiger partial charge in [0.1, 0.15) is 5.75 Å². The number of nitrogens with zero attached hydrogens (tertiary/aromatic N) is 3. The Hall–Kier alpha value is -2.37. The van der Waals surface area contributed by atoms with Crippen LogP contribution in [-0.4, -0.2) is 35.2 Å². The first-order chi connectivity index (χ1) is 12.7. The monoisotopic (exact) mass is 369 g/mol. The Bertz CT molecular complexity index is 896. The minimum absolute atomic E-state index is 0.254. The number of aromatic nitrogens is 2. The fraction of sp³-hybridized carbons (Fsp3) is 0.300. The molecule has 2 aromatic carbocycles. The quantitative estimate of drug-likeness (QED) is 0.667. The van der Waals surface area contributed by atoms with E-state index in [-0.39, 0.29) is 5.92 Å². The number of likely N-dealkylation sites (tertiary alicyclic amines) is 1. The summed E-state index contributed by atoms with van der Waals surface area (Å²) in [6.45, 7) is 2.73. The van der Waals surface area contributed by atoms with Crippen LogP contribution in [0.25, 0.3) is 11.4 Å². The smallest absolute Gasteiger partial charge is 0.231 e. The fourth-order valence-corrected chi connectivity index (χ4v) is 3.52. The van der Waals surface area contributed by atoms with Gasteiger partial charge in [-0.3, -0.25) is 4.90 Å². The van der Waals surface area contributed by atoms with Crippen LogP contribution in [0.15, 0.2) is 53.1 Å². The van der Waals surface area contributed by atoms with Crippen LogP contribution >= 0.6 is 11.6 Å². The molecule has 2 heterocycles. The van der Waals surface area contributed by atoms with Crippen LogP contribution in [0.5, 0.6) is 5.75 Å². The van der Waals surface area contributed by atoms with Crippen LogP contribution in [0, 0.1) is 0 Å². The Labute approximate surface area is 157 Å². The zero-order valence-corrected chi connectivity index (χ0v) is 15.3. The van der Waals surface area contributed by atoms with Gasteiger partial charge in [-0.1, -0.05) is 47.1 Å². The van der Waals surface area contributed by atoms with E-state index in [2.05, 4.69) is 21.1 Å². The zero-order chi connectivity index (χ0) is 17.9. The SMILES string of the molecule is COc1cccc(-c2noc(C3CCN(Cc4ccccc4Cl)C3)n2)c1. The summed E-state index contributed by atoms with van der Waals surface area (Å²) in [5.74, 6) is 2.33. The van der Waals surface area contributed by atoms with Crippen molar-refractivity contribution >= 4 is 11.6 Å². The average molecular weight is 370 g/mol. The molecule has 0 spiro atoms. The third-order valence-electron chi connectivity index (χ3n) is 4.74. The highest BCUT2D eigenvalue weighted by Gasteiger charge is 2.28. The van der Waals surface area contributed by atoms with E-state index in [1.165, 1.54) is 0 Å². The summed E-state index contributed by atoms with van der Waals surface area (Å²) in [4.78, 5) is 6.99. The van der Waals surface area contributed by atoms with Crippen molar-refractivity contribution in [3.05, 3.63) is 65.0 Å². The van der Waals surface area contributed by atoms with Crippen LogP contribution in [0.1, 0.15) is 23.8 Å². The summed E-state index contributed by atoms with van der Waals surface area (Å²) < 4.78 is 10.8. The molecule has 1 fully saturated rings. The third kappa shape index (κ3) is 3.59. The number of benzene rings is 2. The molecule has 0 bridgehead atoms. The summed E-state index contributed by atoms with van der Waals surface area (Å²) in [5, 5.41) is 4.96. The molecule has 1 aromatic heterocycles. The molecule has 0 radical (unpaired) electrons. The molecule has 0 saturated carbocycles. The van der Waals surface area contributed by atoms with Crippen LogP contribution < -0.4 is 4.74 Å². The van der Waals surface area contributed by atoms with Crippen LogP contribution in [0.3, 0.4) is 0 Å². The van der Waals surface area contributed by atoms with Crippen molar-refractivity contribution in [1.82, 2.24) is 15.0 Å². The van der Waals surface area contributed by atoms with Crippen molar-refractivity contribution in [2.24, 2.45) is 0 Å². The lowest BCUT2D eigenvalue weighted by atomic mass is 10.1. The highest BCUT2D eigenvalue weighted by Crippen LogP contribution is 2.30. The molecular formula is C20H20ClN3O2. The van der Waals surface area contributed by atoms with Crippen molar-refractivity contribution < 1.29 is 9.26 Å². The van der Waals surface area contributed by atoms with Crippen LogP contribution in [-0.2, 0) is 6.54 Å². The normalized spacial score (nSPS) is 17.5. The lowest BCUT2D eigenvalue weighted by Gasteiger charge is -2.16. The van der Waals surface area contributed by atoms with Gasteiger partial charge in [0, 0.05) is 23.7 Å². The summed E-state index contributed by atoms with van der Waals surface area (Å²) in [6, 6.07) is 15.7. The first-order valence-corrected chi connectivity index (χ1v) is 9.04. The second-order valence-electron chi connectivity index (χ2n) is 6.50. The van der Waals surface area contributed by atoms with Gasteiger partial charge in [-0.05, 0) is 36.7 Å². The number of ether oxygens (including phenoxy) is 1. The predicted molar refractivity (Wildman–Crippen MR) is 100 cm³/mol. The van der Waals surface area contributed by atoms with Gasteiger partial charge < -0.3 is 9.26 Å². The lowest BCUT2D eigenvalue weighted by Crippen LogP contribution is -2.20. The molecular weight excluding hydrogens is 350 g/mol. The first kappa shape index (κ1) is 17.1. The van der Waals surface area contributed by atoms with Gasteiger partial charge in [0.15, 0.2) is 0 Å². The second kappa shape index (κ2) is 7.48. The van der Waals surface area contributed by atoms with E-state index in [0.717, 1.165) is 48.0 Å². The Morgan fingerprint density at radius 2 is 2.12 bits per heavy atom. The zero-order valence-electron chi connectivity index (χ0n) is 14.6. The van der Waals surface area contributed by atoms with Crippen LogP contribution in [0.4, 0.5) is 0 Å². The van der Waals surface area contributed by atoms with E-state index >= 15 is 0 Å². The molecule has 26 heavy (non-hydrogen) atoms. The van der Waals surface area contributed by atoms with E-state index in [0.29, 0.717) is 11.7 Å². The van der Waals surface area contributed by atoms with Crippen molar-refractivity contribution in [3.8, 4) is 17.1 Å². The molecule has 1 aliphatic heterocycles. The standard InChI is InChI=1S/C20H20ClN3O2/c1-25-17-7-4-6-14(11-17)19-22-20(26-23-19)16-9-10-24(13-16)12-15-5-2-3-8-18(15)21/h2-8,11,16H,9-10,12-13H2,1H3. The number of hydrogen-bond acceptors (Lipinski definition) is 5. The Kier molecular flexibility index (Phi) is 4.91. The molecule has 0 amide bonds. The summed E-state index contributed by atoms with van der Waals surface area (Å²) >= 11 is 6.27. The van der Waals surface area contributed by atoms with Gasteiger partial charge in [0.2, 0.25) is 11.7 Å². The molecule has 1 unspecified atom stereocenters. The average Bonchev–Trinajstić information content (AvgIpc) is 3.33. The number of halogens is 1. The Balaban J connectivity index is 1.44. The van der Waals surface area contributed by atoms with Crippen molar-refractivity contribution in [2.75, 3.05) is 20.2 Å². The molecule has 1 aliphatic rings. The van der Waals surface area contributed by atoms with Gasteiger partial charge in [0.25, 0.3) is 0 Å². The summed E-state index contributed by atoms with van der Waals surface area (Å²) in [5.41, 5.74) is 2.04. The third-order valence-corrected chi connectivity index (χ3v) is 5.11. The molecule has 6 heteroatoms. The van der Waals surface area contributed by atoms with E-state index in [1.54, 1.807) is 7.11 Å². The molecule has 1 atom stereocenters. The predicted octanol–water partition coefficient (Wildman–Crippen LogP) is 4.39. The summed E-state index contributed by atoms with van der Waals surface area (Å²) in [6.07, 6.45) is 1.00. The van der Waals surface area contributed by atoms with Gasteiger partial charge >= 0.3 is 0 Å². The molecule has 0 N–H and O–H groups in total. The van der Waals surface area contributed by atoms with E-state index in [4.69, 9.17) is 20.9 Å².